The largest absolute Gasteiger partial charge is 0.352 e. The molecule has 1 unspecified atom stereocenters. The fourth-order valence-electron chi connectivity index (χ4n) is 5.32. The molecule has 9 heteroatoms. The number of hydrogen-bond donors (Lipinski definition) is 1. The van der Waals surface area contributed by atoms with Crippen molar-refractivity contribution in [2.75, 3.05) is 10.8 Å². The molecule has 0 spiro atoms. The maximum atomic E-state index is 14.2. The van der Waals surface area contributed by atoms with Crippen LogP contribution in [-0.4, -0.2) is 43.8 Å². The Hall–Kier alpha value is -3.17. The number of aryl methyl sites for hydroxylation is 3. The number of nitrogens with zero attached hydrogens (tertiary/aromatic N) is 2. The Kier molecular flexibility index (Phi) is 10.5. The first-order valence-electron chi connectivity index (χ1n) is 14.5. The van der Waals surface area contributed by atoms with Crippen molar-refractivity contribution < 1.29 is 18.0 Å². The van der Waals surface area contributed by atoms with Crippen molar-refractivity contribution >= 4 is 43.5 Å². The van der Waals surface area contributed by atoms with Crippen molar-refractivity contribution in [3.05, 3.63) is 93.5 Å². The summed E-state index contributed by atoms with van der Waals surface area (Å²) in [5.41, 5.74) is 3.80. The summed E-state index contributed by atoms with van der Waals surface area (Å²) in [5, 5.41) is 3.14. The summed E-state index contributed by atoms with van der Waals surface area (Å²) in [5.74, 6) is -0.692. The van der Waals surface area contributed by atoms with Gasteiger partial charge in [0.15, 0.2) is 0 Å². The molecule has 4 rings (SSSR count). The molecule has 1 aliphatic carbocycles. The standard InChI is InChI=1S/C33H40BrN3O4S/c1-23-14-17-30(18-15-23)42(40,41)37(31-19-24(2)13-16-25(31)3)22-32(38)36(21-27-9-8-10-28(34)20-27)26(4)33(39)35-29-11-6-5-7-12-29/h8-10,13-20,26,29H,5-7,11-12,21-22H2,1-4H3,(H,35,39). The average molecular weight is 655 g/mol. The van der Waals surface area contributed by atoms with Crippen LogP contribution in [0.15, 0.2) is 76.1 Å². The van der Waals surface area contributed by atoms with Crippen LogP contribution in [0.25, 0.3) is 0 Å². The van der Waals surface area contributed by atoms with E-state index in [9.17, 15) is 18.0 Å². The number of carbonyl (C=O) groups excluding carboxylic acids is 2. The van der Waals surface area contributed by atoms with Gasteiger partial charge in [0.05, 0.1) is 10.6 Å². The molecule has 0 saturated heterocycles. The minimum Gasteiger partial charge on any atom is -0.352 e. The van der Waals surface area contributed by atoms with Crippen molar-refractivity contribution in [2.45, 2.75) is 83.3 Å². The van der Waals surface area contributed by atoms with E-state index in [-0.39, 0.29) is 23.4 Å². The number of benzene rings is 3. The zero-order valence-corrected chi connectivity index (χ0v) is 27.2. The van der Waals surface area contributed by atoms with E-state index in [1.165, 1.54) is 15.6 Å². The molecule has 0 bridgehead atoms. The number of rotatable bonds is 10. The number of nitrogens with one attached hydrogen (secondary N) is 1. The fourth-order valence-corrected chi connectivity index (χ4v) is 7.24. The van der Waals surface area contributed by atoms with Gasteiger partial charge in [0.1, 0.15) is 12.6 Å². The van der Waals surface area contributed by atoms with Gasteiger partial charge in [-0.25, -0.2) is 8.42 Å². The van der Waals surface area contributed by atoms with E-state index in [1.807, 2.05) is 57.2 Å². The molecule has 1 fully saturated rings. The van der Waals surface area contributed by atoms with Crippen LogP contribution >= 0.6 is 15.9 Å². The van der Waals surface area contributed by atoms with Gasteiger partial charge in [-0.15, -0.1) is 0 Å². The first-order valence-corrected chi connectivity index (χ1v) is 16.7. The van der Waals surface area contributed by atoms with E-state index in [1.54, 1.807) is 37.3 Å². The summed E-state index contributed by atoms with van der Waals surface area (Å²) in [6.07, 6.45) is 5.16. The molecule has 3 aromatic carbocycles. The monoisotopic (exact) mass is 653 g/mol. The van der Waals surface area contributed by atoms with E-state index >= 15 is 0 Å². The van der Waals surface area contributed by atoms with E-state index in [0.717, 1.165) is 52.4 Å². The van der Waals surface area contributed by atoms with Crippen LogP contribution < -0.4 is 9.62 Å². The fraction of sp³-hybridized carbons (Fsp3) is 0.394. The van der Waals surface area contributed by atoms with Crippen molar-refractivity contribution in [2.24, 2.45) is 0 Å². The van der Waals surface area contributed by atoms with E-state index in [2.05, 4.69) is 21.2 Å². The molecule has 42 heavy (non-hydrogen) atoms. The summed E-state index contributed by atoms with van der Waals surface area (Å²) >= 11 is 3.49. The topological polar surface area (TPSA) is 86.8 Å². The van der Waals surface area contributed by atoms with Crippen LogP contribution in [0.3, 0.4) is 0 Å². The molecule has 0 heterocycles. The predicted molar refractivity (Wildman–Crippen MR) is 171 cm³/mol. The maximum Gasteiger partial charge on any atom is 0.264 e. The molecule has 3 aromatic rings. The quantitative estimate of drug-likeness (QED) is 0.273. The average Bonchev–Trinajstić information content (AvgIpc) is 2.96. The lowest BCUT2D eigenvalue weighted by molar-refractivity contribution is -0.139. The number of amides is 2. The third-order valence-corrected chi connectivity index (χ3v) is 10.1. The Balaban J connectivity index is 1.71. The molecular formula is C33H40BrN3O4S. The van der Waals surface area contributed by atoms with Crippen LogP contribution in [0.5, 0.6) is 0 Å². The second-order valence-corrected chi connectivity index (χ2v) is 14.1. The molecular weight excluding hydrogens is 614 g/mol. The predicted octanol–water partition coefficient (Wildman–Crippen LogP) is 6.44. The highest BCUT2D eigenvalue weighted by atomic mass is 79.9. The third kappa shape index (κ3) is 7.81. The second kappa shape index (κ2) is 13.9. The van der Waals surface area contributed by atoms with Gasteiger partial charge >= 0.3 is 0 Å². The molecule has 0 radical (unpaired) electrons. The third-order valence-electron chi connectivity index (χ3n) is 7.88. The normalized spacial score (nSPS) is 14.7. The van der Waals surface area contributed by atoms with Gasteiger partial charge in [-0.3, -0.25) is 13.9 Å². The molecule has 1 aliphatic rings. The lowest BCUT2D eigenvalue weighted by Gasteiger charge is -2.33. The highest BCUT2D eigenvalue weighted by Crippen LogP contribution is 2.29. The Bertz CT molecular complexity index is 1520. The summed E-state index contributed by atoms with van der Waals surface area (Å²) in [4.78, 5) is 29.3. The lowest BCUT2D eigenvalue weighted by Crippen LogP contribution is -2.53. The highest BCUT2D eigenvalue weighted by Gasteiger charge is 2.33. The summed E-state index contributed by atoms with van der Waals surface area (Å²) in [7, 11) is -4.11. The molecule has 224 valence electrons. The molecule has 1 N–H and O–H groups in total. The number of halogens is 1. The first kappa shape index (κ1) is 31.8. The maximum absolute atomic E-state index is 14.2. The smallest absolute Gasteiger partial charge is 0.264 e. The van der Waals surface area contributed by atoms with Crippen LogP contribution in [-0.2, 0) is 26.2 Å². The van der Waals surface area contributed by atoms with Gasteiger partial charge in [0.25, 0.3) is 10.0 Å². The Labute approximate surface area is 258 Å². The van der Waals surface area contributed by atoms with Crippen LogP contribution in [0.2, 0.25) is 0 Å². The van der Waals surface area contributed by atoms with E-state index in [4.69, 9.17) is 0 Å². The van der Waals surface area contributed by atoms with Gasteiger partial charge in [0.2, 0.25) is 11.8 Å². The zero-order chi connectivity index (χ0) is 30.4. The molecule has 1 atom stereocenters. The molecule has 1 saturated carbocycles. The van der Waals surface area contributed by atoms with E-state index in [0.29, 0.717) is 5.69 Å². The van der Waals surface area contributed by atoms with Crippen molar-refractivity contribution in [3.63, 3.8) is 0 Å². The summed E-state index contributed by atoms with van der Waals surface area (Å²) in [6.45, 7) is 7.03. The number of sulfonamides is 1. The van der Waals surface area contributed by atoms with Crippen LogP contribution in [0, 0.1) is 20.8 Å². The minimum absolute atomic E-state index is 0.0879. The van der Waals surface area contributed by atoms with Crippen molar-refractivity contribution in [3.8, 4) is 0 Å². The minimum atomic E-state index is -4.11. The van der Waals surface area contributed by atoms with Crippen molar-refractivity contribution in [1.29, 1.82) is 0 Å². The summed E-state index contributed by atoms with van der Waals surface area (Å²) < 4.78 is 30.2. The Morgan fingerprint density at radius 2 is 1.60 bits per heavy atom. The van der Waals surface area contributed by atoms with Gasteiger partial charge in [-0.1, -0.05) is 77.2 Å². The Morgan fingerprint density at radius 3 is 2.26 bits per heavy atom. The second-order valence-electron chi connectivity index (χ2n) is 11.3. The number of anilines is 1. The summed E-state index contributed by atoms with van der Waals surface area (Å²) in [6, 6.07) is 19.0. The molecule has 0 aliphatic heterocycles. The van der Waals surface area contributed by atoms with Gasteiger partial charge in [0, 0.05) is 17.1 Å². The first-order chi connectivity index (χ1) is 20.0. The highest BCUT2D eigenvalue weighted by molar-refractivity contribution is 9.10. The molecule has 7 nitrogen and oxygen atoms in total. The van der Waals surface area contributed by atoms with Crippen molar-refractivity contribution in [1.82, 2.24) is 10.2 Å². The SMILES string of the molecule is Cc1ccc(S(=O)(=O)N(CC(=O)N(Cc2cccc(Br)c2)C(C)C(=O)NC2CCCCC2)c2cc(C)ccc2C)cc1. The van der Waals surface area contributed by atoms with Crippen LogP contribution in [0.1, 0.15) is 61.3 Å². The van der Waals surface area contributed by atoms with E-state index < -0.39 is 28.5 Å². The van der Waals surface area contributed by atoms with Gasteiger partial charge in [-0.05, 0) is 87.6 Å². The Morgan fingerprint density at radius 1 is 0.929 bits per heavy atom. The van der Waals surface area contributed by atoms with Crippen LogP contribution in [0.4, 0.5) is 5.69 Å². The lowest BCUT2D eigenvalue weighted by atomic mass is 9.95. The molecule has 0 aromatic heterocycles. The van der Waals surface area contributed by atoms with Gasteiger partial charge in [-0.2, -0.15) is 0 Å². The zero-order valence-electron chi connectivity index (χ0n) is 24.8. The number of carbonyl (C=O) groups is 2. The molecule has 2 amide bonds. The van der Waals surface area contributed by atoms with Gasteiger partial charge < -0.3 is 10.2 Å². The number of hydrogen-bond acceptors (Lipinski definition) is 4.